The van der Waals surface area contributed by atoms with E-state index in [0.717, 1.165) is 12.8 Å². The van der Waals surface area contributed by atoms with Gasteiger partial charge in [-0.15, -0.1) is 0 Å². The van der Waals surface area contributed by atoms with E-state index in [1.807, 2.05) is 0 Å². The molecule has 0 aliphatic heterocycles. The Labute approximate surface area is 151 Å². The van der Waals surface area contributed by atoms with Crippen LogP contribution in [0.5, 0.6) is 0 Å². The molecule has 0 saturated heterocycles. The molecule has 0 saturated carbocycles. The normalized spacial score (nSPS) is 11.4. The van der Waals surface area contributed by atoms with Gasteiger partial charge in [0.25, 0.3) is 0 Å². The maximum atomic E-state index is 10.4. The van der Waals surface area contributed by atoms with E-state index >= 15 is 0 Å². The lowest BCUT2D eigenvalue weighted by Crippen LogP contribution is -1.93. The van der Waals surface area contributed by atoms with Gasteiger partial charge in [0.1, 0.15) is 0 Å². The predicted molar refractivity (Wildman–Crippen MR) is 106 cm³/mol. The van der Waals surface area contributed by atoms with Gasteiger partial charge < -0.3 is 5.11 Å². The van der Waals surface area contributed by atoms with Gasteiger partial charge in [-0.05, 0) is 32.1 Å². The van der Waals surface area contributed by atoms with Crippen LogP contribution in [0.25, 0.3) is 0 Å². The third kappa shape index (κ3) is 21.2. The molecular weight excluding hydrogens is 296 g/mol. The van der Waals surface area contributed by atoms with Crippen molar-refractivity contribution in [2.45, 2.75) is 122 Å². The molecule has 0 unspecified atom stereocenters. The molecule has 0 aromatic rings. The molecule has 0 atom stereocenters. The largest absolute Gasteiger partial charge is 0.481 e. The molecule has 0 fully saturated rings. The first-order chi connectivity index (χ1) is 11.8. The van der Waals surface area contributed by atoms with Crippen LogP contribution >= 0.6 is 0 Å². The minimum Gasteiger partial charge on any atom is -0.481 e. The first-order valence-corrected chi connectivity index (χ1v) is 10.6. The minimum atomic E-state index is -0.657. The van der Waals surface area contributed by atoms with E-state index in [1.165, 1.54) is 96.3 Å². The molecule has 0 aliphatic rings. The summed E-state index contributed by atoms with van der Waals surface area (Å²) in [5, 5.41) is 8.55. The van der Waals surface area contributed by atoms with Crippen molar-refractivity contribution in [3.05, 3.63) is 12.2 Å². The number of carboxylic acid groups (broad SMARTS) is 1. The molecule has 0 aromatic carbocycles. The number of hydrogen-bond donors (Lipinski definition) is 1. The van der Waals surface area contributed by atoms with Crippen molar-refractivity contribution >= 4 is 5.97 Å². The fourth-order valence-electron chi connectivity index (χ4n) is 3.05. The highest BCUT2D eigenvalue weighted by Gasteiger charge is 1.96. The molecule has 0 bridgehead atoms. The number of carbonyl (C=O) groups is 1. The van der Waals surface area contributed by atoms with Crippen LogP contribution in [0.1, 0.15) is 122 Å². The van der Waals surface area contributed by atoms with Gasteiger partial charge in [0.05, 0.1) is 0 Å². The molecule has 142 valence electrons. The summed E-state index contributed by atoms with van der Waals surface area (Å²) < 4.78 is 0. The lowest BCUT2D eigenvalue weighted by atomic mass is 10.1. The Morgan fingerprint density at radius 1 is 0.625 bits per heavy atom. The molecule has 0 amide bonds. The number of allylic oxidation sites excluding steroid dienone is 2. The summed E-state index contributed by atoms with van der Waals surface area (Å²) in [5.74, 6) is -0.657. The number of hydrogen-bond acceptors (Lipinski definition) is 1. The smallest absolute Gasteiger partial charge is 0.303 e. The van der Waals surface area contributed by atoms with Crippen molar-refractivity contribution in [2.75, 3.05) is 0 Å². The topological polar surface area (TPSA) is 37.3 Å². The third-order valence-corrected chi connectivity index (χ3v) is 4.65. The van der Waals surface area contributed by atoms with Crippen LogP contribution in [0.4, 0.5) is 0 Å². The Kier molecular flexibility index (Phi) is 19.6. The second-order valence-electron chi connectivity index (χ2n) is 7.14. The monoisotopic (exact) mass is 338 g/mol. The van der Waals surface area contributed by atoms with Gasteiger partial charge in [0.2, 0.25) is 0 Å². The Bertz CT molecular complexity index is 284. The highest BCUT2D eigenvalue weighted by Crippen LogP contribution is 2.12. The molecule has 0 rings (SSSR count). The Morgan fingerprint density at radius 2 is 1.00 bits per heavy atom. The van der Waals surface area contributed by atoms with E-state index in [1.54, 1.807) is 0 Å². The van der Waals surface area contributed by atoms with Gasteiger partial charge in [-0.2, -0.15) is 0 Å². The van der Waals surface area contributed by atoms with E-state index in [0.29, 0.717) is 6.42 Å². The molecule has 2 nitrogen and oxygen atoms in total. The van der Waals surface area contributed by atoms with Crippen molar-refractivity contribution in [2.24, 2.45) is 0 Å². The number of carboxylic acids is 1. The summed E-state index contributed by atoms with van der Waals surface area (Å²) in [4.78, 5) is 10.4. The van der Waals surface area contributed by atoms with Crippen molar-refractivity contribution in [3.8, 4) is 0 Å². The minimum absolute atomic E-state index is 0.338. The second kappa shape index (κ2) is 20.3. The summed E-state index contributed by atoms with van der Waals surface area (Å²) in [6.45, 7) is 2.27. The van der Waals surface area contributed by atoms with Crippen LogP contribution in [0.15, 0.2) is 12.2 Å². The van der Waals surface area contributed by atoms with Crippen LogP contribution in [0, 0.1) is 0 Å². The maximum absolute atomic E-state index is 10.4. The van der Waals surface area contributed by atoms with E-state index in [4.69, 9.17) is 5.11 Å². The third-order valence-electron chi connectivity index (χ3n) is 4.65. The highest BCUT2D eigenvalue weighted by molar-refractivity contribution is 5.66. The average Bonchev–Trinajstić information content (AvgIpc) is 2.56. The van der Waals surface area contributed by atoms with Crippen molar-refractivity contribution < 1.29 is 9.90 Å². The van der Waals surface area contributed by atoms with Gasteiger partial charge in [-0.25, -0.2) is 0 Å². The Balaban J connectivity index is 3.07. The van der Waals surface area contributed by atoms with E-state index in [9.17, 15) is 4.79 Å². The zero-order valence-corrected chi connectivity index (χ0v) is 16.2. The van der Waals surface area contributed by atoms with Crippen LogP contribution in [-0.2, 0) is 4.79 Å². The summed E-state index contributed by atoms with van der Waals surface area (Å²) in [6, 6.07) is 0. The van der Waals surface area contributed by atoms with Gasteiger partial charge in [0.15, 0.2) is 0 Å². The van der Waals surface area contributed by atoms with Crippen molar-refractivity contribution in [1.82, 2.24) is 0 Å². The number of aliphatic carboxylic acids is 1. The molecule has 0 spiro atoms. The zero-order chi connectivity index (χ0) is 17.7. The van der Waals surface area contributed by atoms with E-state index in [2.05, 4.69) is 19.1 Å². The summed E-state index contributed by atoms with van der Waals surface area (Å²) in [6.07, 6.45) is 27.1. The van der Waals surface area contributed by atoms with Crippen molar-refractivity contribution in [3.63, 3.8) is 0 Å². The lowest BCUT2D eigenvalue weighted by molar-refractivity contribution is -0.137. The summed E-state index contributed by atoms with van der Waals surface area (Å²) >= 11 is 0. The summed E-state index contributed by atoms with van der Waals surface area (Å²) in [7, 11) is 0. The van der Waals surface area contributed by atoms with Crippen LogP contribution < -0.4 is 0 Å². The fourth-order valence-corrected chi connectivity index (χ4v) is 3.05. The molecule has 24 heavy (non-hydrogen) atoms. The predicted octanol–water partition coefficient (Wildman–Crippen LogP) is 7.67. The molecule has 1 N–H and O–H groups in total. The van der Waals surface area contributed by atoms with E-state index < -0.39 is 5.97 Å². The van der Waals surface area contributed by atoms with E-state index in [-0.39, 0.29) is 0 Å². The molecule has 0 aromatic heterocycles. The highest BCUT2D eigenvalue weighted by atomic mass is 16.4. The Hall–Kier alpha value is -0.790. The summed E-state index contributed by atoms with van der Waals surface area (Å²) in [5.41, 5.74) is 0. The van der Waals surface area contributed by atoms with Crippen molar-refractivity contribution in [1.29, 1.82) is 0 Å². The fraction of sp³-hybridized carbons (Fsp3) is 0.864. The molecular formula is C22H42O2. The number of rotatable bonds is 19. The standard InChI is InChI=1S/C22H42O2/c1-2-3-4-5-6-7-8-9-10-11-12-13-14-15-16-17-18-19-20-21-22(23)24/h10-11H,2-9,12-21H2,1H3,(H,23,24). The van der Waals surface area contributed by atoms with Gasteiger partial charge in [-0.1, -0.05) is 96.1 Å². The van der Waals surface area contributed by atoms with Crippen LogP contribution in [0.2, 0.25) is 0 Å². The average molecular weight is 339 g/mol. The maximum Gasteiger partial charge on any atom is 0.303 e. The quantitative estimate of drug-likeness (QED) is 0.194. The van der Waals surface area contributed by atoms with Crippen LogP contribution in [-0.4, -0.2) is 11.1 Å². The number of unbranched alkanes of at least 4 members (excludes halogenated alkanes) is 15. The van der Waals surface area contributed by atoms with Gasteiger partial charge in [0, 0.05) is 6.42 Å². The SMILES string of the molecule is CCCCCCCCCC=CCCCCCCCCCCC(=O)O. The van der Waals surface area contributed by atoms with Gasteiger partial charge in [-0.3, -0.25) is 4.79 Å². The molecule has 0 radical (unpaired) electrons. The first kappa shape index (κ1) is 23.2. The molecule has 0 heterocycles. The van der Waals surface area contributed by atoms with Crippen LogP contribution in [0.3, 0.4) is 0 Å². The molecule has 2 heteroatoms. The first-order valence-electron chi connectivity index (χ1n) is 10.6. The van der Waals surface area contributed by atoms with Gasteiger partial charge >= 0.3 is 5.97 Å². The zero-order valence-electron chi connectivity index (χ0n) is 16.2. The molecule has 0 aliphatic carbocycles. The second-order valence-corrected chi connectivity index (χ2v) is 7.14. The Morgan fingerprint density at radius 3 is 1.42 bits per heavy atom. The lowest BCUT2D eigenvalue weighted by Gasteiger charge is -2.01.